The van der Waals surface area contributed by atoms with Gasteiger partial charge < -0.3 is 10.1 Å². The molecule has 0 saturated heterocycles. The highest BCUT2D eigenvalue weighted by molar-refractivity contribution is 7.81. The van der Waals surface area contributed by atoms with Gasteiger partial charge in [0, 0.05) is 11.2 Å². The van der Waals surface area contributed by atoms with Crippen molar-refractivity contribution in [2.75, 3.05) is 7.11 Å². The molecule has 0 rings (SSSR count). The number of methoxy groups -OCH3 is 1. The van der Waals surface area contributed by atoms with Crippen molar-refractivity contribution in [3.05, 3.63) is 0 Å². The third-order valence-corrected chi connectivity index (χ3v) is 3.35. The summed E-state index contributed by atoms with van der Waals surface area (Å²) >= 11 is 4.33. The maximum absolute atomic E-state index is 11.9. The van der Waals surface area contributed by atoms with Gasteiger partial charge in [0.2, 0.25) is 5.91 Å². The van der Waals surface area contributed by atoms with E-state index in [9.17, 15) is 9.59 Å². The number of ether oxygens (including phenoxy) is 1. The lowest BCUT2D eigenvalue weighted by Crippen LogP contribution is -2.52. The summed E-state index contributed by atoms with van der Waals surface area (Å²) in [5.41, 5.74) is 0. The largest absolute Gasteiger partial charge is 0.467 e. The van der Waals surface area contributed by atoms with E-state index in [4.69, 9.17) is 0 Å². The molecule has 0 aliphatic rings. The SMILES string of the molecule is COC(=O)C(NC(=O)CC(C)C(C)C)C(C)(C)S. The molecule has 1 amide bonds. The van der Waals surface area contributed by atoms with E-state index in [1.54, 1.807) is 13.8 Å². The zero-order chi connectivity index (χ0) is 14.5. The molecule has 0 bridgehead atoms. The lowest BCUT2D eigenvalue weighted by Gasteiger charge is -2.28. The number of nitrogens with one attached hydrogen (secondary N) is 1. The Balaban J connectivity index is 4.61. The molecule has 0 heterocycles. The van der Waals surface area contributed by atoms with Gasteiger partial charge in [-0.2, -0.15) is 12.6 Å². The molecular weight excluding hydrogens is 250 g/mol. The van der Waals surface area contributed by atoms with Crippen molar-refractivity contribution in [1.82, 2.24) is 5.32 Å². The summed E-state index contributed by atoms with van der Waals surface area (Å²) < 4.78 is 4.03. The summed E-state index contributed by atoms with van der Waals surface area (Å²) in [4.78, 5) is 23.5. The summed E-state index contributed by atoms with van der Waals surface area (Å²) in [6, 6.07) is -0.738. The van der Waals surface area contributed by atoms with Crippen LogP contribution in [0.3, 0.4) is 0 Å². The summed E-state index contributed by atoms with van der Waals surface area (Å²) in [5, 5.41) is 2.70. The van der Waals surface area contributed by atoms with E-state index in [2.05, 4.69) is 36.5 Å². The molecule has 1 N–H and O–H groups in total. The second-order valence-electron chi connectivity index (χ2n) is 5.60. The number of hydrogen-bond donors (Lipinski definition) is 2. The first-order chi connectivity index (χ1) is 8.09. The smallest absolute Gasteiger partial charge is 0.329 e. The number of carbonyl (C=O) groups is 2. The maximum atomic E-state index is 11.9. The van der Waals surface area contributed by atoms with Gasteiger partial charge in [0.15, 0.2) is 0 Å². The van der Waals surface area contributed by atoms with Crippen molar-refractivity contribution in [3.8, 4) is 0 Å². The molecule has 0 saturated carbocycles. The zero-order valence-electron chi connectivity index (χ0n) is 12.1. The second kappa shape index (κ2) is 7.02. The summed E-state index contributed by atoms with van der Waals surface area (Å²) in [5.74, 6) is 0.0805. The average molecular weight is 275 g/mol. The molecule has 2 atom stereocenters. The van der Waals surface area contributed by atoms with Crippen LogP contribution < -0.4 is 5.32 Å². The van der Waals surface area contributed by atoms with E-state index in [-0.39, 0.29) is 11.8 Å². The molecule has 0 aromatic carbocycles. The Kier molecular flexibility index (Phi) is 6.74. The second-order valence-corrected chi connectivity index (χ2v) is 6.76. The first kappa shape index (κ1) is 17.3. The molecule has 0 aromatic rings. The fourth-order valence-electron chi connectivity index (χ4n) is 1.39. The van der Waals surface area contributed by atoms with Crippen LogP contribution in [0.4, 0.5) is 0 Å². The normalized spacial score (nSPS) is 15.1. The zero-order valence-corrected chi connectivity index (χ0v) is 13.0. The minimum atomic E-state index is -0.738. The number of esters is 1. The Morgan fingerprint density at radius 3 is 2.11 bits per heavy atom. The minimum Gasteiger partial charge on any atom is -0.467 e. The summed E-state index contributed by atoms with van der Waals surface area (Å²) in [7, 11) is 1.30. The van der Waals surface area contributed by atoms with Crippen molar-refractivity contribution in [3.63, 3.8) is 0 Å². The monoisotopic (exact) mass is 275 g/mol. The van der Waals surface area contributed by atoms with E-state index in [0.29, 0.717) is 12.3 Å². The number of carbonyl (C=O) groups excluding carboxylic acids is 2. The minimum absolute atomic E-state index is 0.145. The van der Waals surface area contributed by atoms with Crippen LogP contribution in [-0.4, -0.2) is 29.8 Å². The Bertz CT molecular complexity index is 297. The molecule has 0 aliphatic carbocycles. The standard InChI is InChI=1S/C13H25NO3S/c1-8(2)9(3)7-10(15)14-11(12(16)17-6)13(4,5)18/h8-9,11,18H,7H2,1-6H3,(H,14,15). The van der Waals surface area contributed by atoms with Gasteiger partial charge in [0.1, 0.15) is 6.04 Å². The van der Waals surface area contributed by atoms with Crippen LogP contribution in [0.15, 0.2) is 0 Å². The van der Waals surface area contributed by atoms with Crippen LogP contribution >= 0.6 is 12.6 Å². The Morgan fingerprint density at radius 1 is 1.28 bits per heavy atom. The predicted octanol–water partition coefficient (Wildman–Crippen LogP) is 2.03. The molecule has 0 spiro atoms. The first-order valence-electron chi connectivity index (χ1n) is 6.19. The highest BCUT2D eigenvalue weighted by atomic mass is 32.1. The van der Waals surface area contributed by atoms with Crippen LogP contribution in [-0.2, 0) is 14.3 Å². The van der Waals surface area contributed by atoms with Crippen LogP contribution in [0.1, 0.15) is 41.0 Å². The lowest BCUT2D eigenvalue weighted by molar-refractivity contribution is -0.146. The molecular formula is C13H25NO3S. The Morgan fingerprint density at radius 2 is 1.78 bits per heavy atom. The van der Waals surface area contributed by atoms with E-state index in [1.165, 1.54) is 7.11 Å². The van der Waals surface area contributed by atoms with Gasteiger partial charge in [0.25, 0.3) is 0 Å². The number of hydrogen-bond acceptors (Lipinski definition) is 4. The summed E-state index contributed by atoms with van der Waals surface area (Å²) in [6.07, 6.45) is 0.398. The van der Waals surface area contributed by atoms with E-state index in [0.717, 1.165) is 0 Å². The molecule has 0 fully saturated rings. The molecule has 5 heteroatoms. The molecule has 0 aliphatic heterocycles. The maximum Gasteiger partial charge on any atom is 0.329 e. The van der Waals surface area contributed by atoms with Gasteiger partial charge in [-0.1, -0.05) is 20.8 Å². The van der Waals surface area contributed by atoms with Crippen LogP contribution in [0.2, 0.25) is 0 Å². The van der Waals surface area contributed by atoms with Crippen LogP contribution in [0, 0.1) is 11.8 Å². The van der Waals surface area contributed by atoms with Gasteiger partial charge in [-0.15, -0.1) is 0 Å². The van der Waals surface area contributed by atoms with Crippen LogP contribution in [0.5, 0.6) is 0 Å². The molecule has 0 aromatic heterocycles. The quantitative estimate of drug-likeness (QED) is 0.576. The van der Waals surface area contributed by atoms with Crippen molar-refractivity contribution < 1.29 is 14.3 Å². The van der Waals surface area contributed by atoms with E-state index in [1.807, 2.05) is 6.92 Å². The number of rotatable bonds is 6. The van der Waals surface area contributed by atoms with Crippen molar-refractivity contribution in [2.24, 2.45) is 11.8 Å². The van der Waals surface area contributed by atoms with Gasteiger partial charge in [-0.05, 0) is 25.7 Å². The van der Waals surface area contributed by atoms with Crippen molar-refractivity contribution >= 4 is 24.5 Å². The van der Waals surface area contributed by atoms with Gasteiger partial charge >= 0.3 is 5.97 Å². The first-order valence-corrected chi connectivity index (χ1v) is 6.63. The lowest BCUT2D eigenvalue weighted by atomic mass is 9.94. The molecule has 2 unspecified atom stereocenters. The summed E-state index contributed by atoms with van der Waals surface area (Å²) in [6.45, 7) is 9.69. The molecule has 0 radical (unpaired) electrons. The molecule has 106 valence electrons. The van der Waals surface area contributed by atoms with E-state index < -0.39 is 16.8 Å². The van der Waals surface area contributed by atoms with E-state index >= 15 is 0 Å². The highest BCUT2D eigenvalue weighted by Gasteiger charge is 2.34. The fraction of sp³-hybridized carbons (Fsp3) is 0.846. The topological polar surface area (TPSA) is 55.4 Å². The third-order valence-electron chi connectivity index (χ3n) is 3.09. The van der Waals surface area contributed by atoms with Crippen molar-refractivity contribution in [2.45, 2.75) is 51.8 Å². The van der Waals surface area contributed by atoms with Gasteiger partial charge in [-0.3, -0.25) is 4.79 Å². The van der Waals surface area contributed by atoms with Gasteiger partial charge in [0.05, 0.1) is 7.11 Å². The van der Waals surface area contributed by atoms with Crippen molar-refractivity contribution in [1.29, 1.82) is 0 Å². The number of amides is 1. The van der Waals surface area contributed by atoms with Crippen LogP contribution in [0.25, 0.3) is 0 Å². The Labute approximate surface area is 115 Å². The average Bonchev–Trinajstić information content (AvgIpc) is 2.23. The molecule has 4 nitrogen and oxygen atoms in total. The highest BCUT2D eigenvalue weighted by Crippen LogP contribution is 2.20. The third kappa shape index (κ3) is 5.76. The molecule has 18 heavy (non-hydrogen) atoms. The van der Waals surface area contributed by atoms with Gasteiger partial charge in [-0.25, -0.2) is 4.79 Å². The predicted molar refractivity (Wildman–Crippen MR) is 75.6 cm³/mol. The number of thiol groups is 1. The fourth-order valence-corrected chi connectivity index (χ4v) is 1.56. The Hall–Kier alpha value is -0.710.